The summed E-state index contributed by atoms with van der Waals surface area (Å²) < 4.78 is 5.66. The Kier molecular flexibility index (Phi) is 12.4. The third kappa shape index (κ3) is 10.1. The van der Waals surface area contributed by atoms with Crippen molar-refractivity contribution < 1.29 is 9.63 Å². The molecule has 1 aromatic carbocycles. The number of anilines is 1. The number of phenols is 1. The molecule has 46 heavy (non-hydrogen) atoms. The van der Waals surface area contributed by atoms with E-state index < -0.39 is 6.04 Å². The molecule has 0 radical (unpaired) electrons. The Balaban J connectivity index is 1.26. The Labute approximate surface area is 276 Å². The molecule has 11 nitrogen and oxygen atoms in total. The van der Waals surface area contributed by atoms with Crippen LogP contribution in [0.3, 0.4) is 0 Å². The quantitative estimate of drug-likeness (QED) is 0.139. The number of aromatic nitrogens is 1. The minimum absolute atomic E-state index is 0.0138. The van der Waals surface area contributed by atoms with Gasteiger partial charge in [0.05, 0.1) is 5.70 Å². The van der Waals surface area contributed by atoms with E-state index in [4.69, 9.17) is 21.4 Å². The van der Waals surface area contributed by atoms with E-state index in [0.717, 1.165) is 82.5 Å². The number of hydrogen-bond acceptors (Lipinski definition) is 10. The summed E-state index contributed by atoms with van der Waals surface area (Å²) in [5.41, 5.74) is 15.0. The molecule has 0 spiro atoms. The molecular formula is C35H59N9O2. The van der Waals surface area contributed by atoms with Crippen LogP contribution in [-0.4, -0.2) is 90.8 Å². The fourth-order valence-electron chi connectivity index (χ4n) is 5.98. The smallest absolute Gasteiger partial charge is 0.172 e. The second kappa shape index (κ2) is 16.0. The standard InChI is InChI=1S/C35H59N9O2/c1-24(2)25(3)31-22-32(41-46-31)44-19-17-43(18-20-44)16-15-42-13-11-26(12-14-42)40-29(33(37)34(38)39-23-35(4,5)6)21-28(36)27-9-7-8-10-30(27)45/h7-10,22,24-26,28,40,45H,11-21,23,36-37H2,1-6H3,(H2,38,39)/b33-29+. The van der Waals surface area contributed by atoms with Crippen molar-refractivity contribution in [1.29, 1.82) is 5.41 Å². The zero-order chi connectivity index (χ0) is 33.4. The van der Waals surface area contributed by atoms with Gasteiger partial charge in [-0.05, 0) is 30.2 Å². The fourth-order valence-corrected chi connectivity index (χ4v) is 5.98. The minimum atomic E-state index is -0.451. The molecule has 8 N–H and O–H groups in total. The topological polar surface area (TPSA) is 156 Å². The highest BCUT2D eigenvalue weighted by atomic mass is 16.5. The first-order valence-corrected chi connectivity index (χ1v) is 17.1. The van der Waals surface area contributed by atoms with Gasteiger partial charge in [-0.2, -0.15) is 0 Å². The highest BCUT2D eigenvalue weighted by Gasteiger charge is 2.26. The molecule has 4 rings (SSSR count). The molecule has 2 saturated heterocycles. The van der Waals surface area contributed by atoms with Gasteiger partial charge in [-0.3, -0.25) is 10.3 Å². The zero-order valence-electron chi connectivity index (χ0n) is 29.0. The van der Waals surface area contributed by atoms with E-state index in [1.54, 1.807) is 12.1 Å². The Morgan fingerprint density at radius 2 is 1.67 bits per heavy atom. The number of nitrogens with zero attached hydrogens (tertiary/aromatic N) is 4. The first kappa shape index (κ1) is 35.6. The predicted octanol–water partition coefficient (Wildman–Crippen LogP) is 4.19. The minimum Gasteiger partial charge on any atom is -0.508 e. The second-order valence-corrected chi connectivity index (χ2v) is 14.8. The van der Waals surface area contributed by atoms with Gasteiger partial charge >= 0.3 is 0 Å². The van der Waals surface area contributed by atoms with Gasteiger partial charge < -0.3 is 41.5 Å². The lowest BCUT2D eigenvalue weighted by atomic mass is 9.96. The van der Waals surface area contributed by atoms with Crippen LogP contribution < -0.4 is 27.0 Å². The van der Waals surface area contributed by atoms with Gasteiger partial charge in [0, 0.05) is 101 Å². The lowest BCUT2D eigenvalue weighted by molar-refractivity contribution is 0.163. The maximum atomic E-state index is 10.4. The Morgan fingerprint density at radius 3 is 2.28 bits per heavy atom. The van der Waals surface area contributed by atoms with Crippen LogP contribution in [0.4, 0.5) is 5.82 Å². The molecule has 0 aliphatic carbocycles. The van der Waals surface area contributed by atoms with Gasteiger partial charge in [0.25, 0.3) is 0 Å². The molecule has 2 aromatic rings. The zero-order valence-corrected chi connectivity index (χ0v) is 29.0. The third-order valence-corrected chi connectivity index (χ3v) is 9.51. The number of aromatic hydroxyl groups is 1. The summed E-state index contributed by atoms with van der Waals surface area (Å²) >= 11 is 0. The van der Waals surface area contributed by atoms with Crippen molar-refractivity contribution >= 4 is 11.7 Å². The lowest BCUT2D eigenvalue weighted by Gasteiger charge is -2.37. The van der Waals surface area contributed by atoms with Gasteiger partial charge in [0.15, 0.2) is 5.82 Å². The summed E-state index contributed by atoms with van der Waals surface area (Å²) in [7, 11) is 0. The van der Waals surface area contributed by atoms with Crippen molar-refractivity contribution in [3.8, 4) is 5.75 Å². The number of phenolic OH excluding ortho intramolecular Hbond substituents is 1. The number of hydrogen-bond donors (Lipinski definition) is 6. The Morgan fingerprint density at radius 1 is 1.04 bits per heavy atom. The van der Waals surface area contributed by atoms with E-state index in [-0.39, 0.29) is 23.0 Å². The molecule has 0 amide bonds. The van der Waals surface area contributed by atoms with Crippen LogP contribution >= 0.6 is 0 Å². The van der Waals surface area contributed by atoms with Gasteiger partial charge in [0.1, 0.15) is 17.3 Å². The maximum absolute atomic E-state index is 10.4. The van der Waals surface area contributed by atoms with Crippen LogP contribution in [0.5, 0.6) is 5.75 Å². The number of benzene rings is 1. The predicted molar refractivity (Wildman–Crippen MR) is 187 cm³/mol. The molecule has 256 valence electrons. The first-order valence-electron chi connectivity index (χ1n) is 17.1. The molecule has 2 fully saturated rings. The van der Waals surface area contributed by atoms with E-state index in [2.05, 4.69) is 78.1 Å². The molecule has 2 aliphatic rings. The van der Waals surface area contributed by atoms with Gasteiger partial charge in [-0.1, -0.05) is 64.9 Å². The van der Waals surface area contributed by atoms with Crippen molar-refractivity contribution in [3.05, 3.63) is 53.0 Å². The van der Waals surface area contributed by atoms with Crippen LogP contribution in [0.25, 0.3) is 0 Å². The number of piperazine rings is 1. The van der Waals surface area contributed by atoms with Crippen LogP contribution in [0.2, 0.25) is 0 Å². The van der Waals surface area contributed by atoms with E-state index in [9.17, 15) is 5.11 Å². The van der Waals surface area contributed by atoms with Crippen LogP contribution in [0.15, 0.2) is 46.2 Å². The van der Waals surface area contributed by atoms with Gasteiger partial charge in [0.2, 0.25) is 0 Å². The molecule has 1 aromatic heterocycles. The number of piperidine rings is 1. The number of rotatable bonds is 13. The average Bonchev–Trinajstić information content (AvgIpc) is 3.52. The molecule has 0 saturated carbocycles. The van der Waals surface area contributed by atoms with Crippen molar-refractivity contribution in [3.63, 3.8) is 0 Å². The van der Waals surface area contributed by atoms with E-state index in [0.29, 0.717) is 36.1 Å². The van der Waals surface area contributed by atoms with E-state index >= 15 is 0 Å². The van der Waals surface area contributed by atoms with Crippen molar-refractivity contribution in [2.75, 3.05) is 63.8 Å². The molecule has 11 heteroatoms. The summed E-state index contributed by atoms with van der Waals surface area (Å²) in [5.74, 6) is 3.21. The number of amidine groups is 1. The van der Waals surface area contributed by atoms with Crippen LogP contribution in [-0.2, 0) is 0 Å². The number of nitrogens with two attached hydrogens (primary N) is 2. The molecular weight excluding hydrogens is 578 g/mol. The monoisotopic (exact) mass is 637 g/mol. The average molecular weight is 638 g/mol. The van der Waals surface area contributed by atoms with Crippen molar-refractivity contribution in [2.24, 2.45) is 22.8 Å². The number of nitrogens with one attached hydrogen (secondary N) is 3. The number of likely N-dealkylation sites (tertiary alicyclic amines) is 1. The summed E-state index contributed by atoms with van der Waals surface area (Å²) in [4.78, 5) is 7.44. The molecule has 2 unspecified atom stereocenters. The third-order valence-electron chi connectivity index (χ3n) is 9.51. The maximum Gasteiger partial charge on any atom is 0.172 e. The SMILES string of the molecule is CC(C)C(C)c1cc(N2CCN(CCN3CCC(N/C(CC(N)c4ccccc4O)=C(/N)C(=N)NCC(C)(C)C)CC3)CC2)no1. The van der Waals surface area contributed by atoms with E-state index in [1.807, 2.05) is 12.1 Å². The van der Waals surface area contributed by atoms with E-state index in [1.165, 1.54) is 0 Å². The van der Waals surface area contributed by atoms with Crippen LogP contribution in [0, 0.1) is 16.7 Å². The van der Waals surface area contributed by atoms with Gasteiger partial charge in [-0.25, -0.2) is 0 Å². The largest absolute Gasteiger partial charge is 0.508 e. The summed E-state index contributed by atoms with van der Waals surface area (Å²) in [5, 5.41) is 30.3. The summed E-state index contributed by atoms with van der Waals surface area (Å²) in [6, 6.07) is 9.07. The molecule has 0 bridgehead atoms. The highest BCUT2D eigenvalue weighted by Crippen LogP contribution is 2.29. The molecule has 2 atom stereocenters. The molecule has 2 aliphatic heterocycles. The Hall–Kier alpha value is -3.28. The summed E-state index contributed by atoms with van der Waals surface area (Å²) in [6.45, 7) is 21.7. The van der Waals surface area contributed by atoms with Crippen LogP contribution in [0.1, 0.15) is 84.1 Å². The first-order chi connectivity index (χ1) is 21.8. The Bertz CT molecular complexity index is 1280. The molecule has 3 heterocycles. The highest BCUT2D eigenvalue weighted by molar-refractivity contribution is 5.95. The number of para-hydroxylation sites is 1. The van der Waals surface area contributed by atoms with Crippen molar-refractivity contribution in [2.45, 2.75) is 78.8 Å². The summed E-state index contributed by atoms with van der Waals surface area (Å²) in [6.07, 6.45) is 2.38. The van der Waals surface area contributed by atoms with Gasteiger partial charge in [-0.15, -0.1) is 0 Å². The lowest BCUT2D eigenvalue weighted by Crippen LogP contribution is -2.50. The normalized spacial score (nSPS) is 19.2. The second-order valence-electron chi connectivity index (χ2n) is 14.8. The fraction of sp³-hybridized carbons (Fsp3) is 0.657. The van der Waals surface area contributed by atoms with Crippen molar-refractivity contribution in [1.82, 2.24) is 25.6 Å².